The van der Waals surface area contributed by atoms with Crippen molar-refractivity contribution in [3.8, 4) is 0 Å². The molecule has 0 aromatic carbocycles. The van der Waals surface area contributed by atoms with Gasteiger partial charge in [-0.15, -0.1) is 11.3 Å². The fourth-order valence-electron chi connectivity index (χ4n) is 3.14. The molecule has 0 amide bonds. The number of likely N-dealkylation sites (N-methyl/N-ethyl adjacent to an activating group) is 1. The number of thiophene rings is 1. The van der Waals surface area contributed by atoms with Gasteiger partial charge in [0, 0.05) is 37.8 Å². The van der Waals surface area contributed by atoms with Crippen LogP contribution in [0, 0.1) is 0 Å². The first-order valence-corrected chi connectivity index (χ1v) is 8.68. The van der Waals surface area contributed by atoms with Crippen molar-refractivity contribution in [3.05, 3.63) is 20.8 Å². The number of halogens is 1. The summed E-state index contributed by atoms with van der Waals surface area (Å²) in [6, 6.07) is 3.08. The van der Waals surface area contributed by atoms with Crippen molar-refractivity contribution in [2.24, 2.45) is 5.73 Å². The van der Waals surface area contributed by atoms with Crippen LogP contribution < -0.4 is 5.73 Å². The lowest BCUT2D eigenvalue weighted by Gasteiger charge is -2.38. The first-order valence-electron chi connectivity index (χ1n) is 7.01. The van der Waals surface area contributed by atoms with Crippen molar-refractivity contribution in [1.82, 2.24) is 9.80 Å². The Morgan fingerprint density at radius 3 is 2.95 bits per heavy atom. The second-order valence-electron chi connectivity index (χ2n) is 6.00. The van der Waals surface area contributed by atoms with Gasteiger partial charge < -0.3 is 5.73 Å². The van der Waals surface area contributed by atoms with Gasteiger partial charge in [0.2, 0.25) is 0 Å². The van der Waals surface area contributed by atoms with Crippen molar-refractivity contribution in [2.45, 2.75) is 37.4 Å². The minimum atomic E-state index is 0.178. The second kappa shape index (κ2) is 5.45. The smallest absolute Gasteiger partial charge is 0.0701 e. The maximum Gasteiger partial charge on any atom is 0.0701 e. The Balaban J connectivity index is 1.67. The zero-order chi connectivity index (χ0) is 13.5. The van der Waals surface area contributed by atoms with Gasteiger partial charge in [-0.05, 0) is 59.2 Å². The summed E-state index contributed by atoms with van der Waals surface area (Å²) in [7, 11) is 2.23. The van der Waals surface area contributed by atoms with Crippen LogP contribution in [0.3, 0.4) is 0 Å². The predicted molar refractivity (Wildman–Crippen MR) is 84.5 cm³/mol. The minimum absolute atomic E-state index is 0.178. The van der Waals surface area contributed by atoms with Crippen LogP contribution in [-0.4, -0.2) is 48.1 Å². The molecule has 1 unspecified atom stereocenters. The number of likely N-dealkylation sites (tertiary alicyclic amines) is 1. The Morgan fingerprint density at radius 1 is 1.58 bits per heavy atom. The van der Waals surface area contributed by atoms with Crippen molar-refractivity contribution in [2.75, 3.05) is 26.7 Å². The molecule has 1 saturated carbocycles. The van der Waals surface area contributed by atoms with E-state index in [0.29, 0.717) is 0 Å². The van der Waals surface area contributed by atoms with Crippen LogP contribution in [0.2, 0.25) is 0 Å². The van der Waals surface area contributed by atoms with Crippen LogP contribution in [0.4, 0.5) is 0 Å². The molecule has 1 aliphatic carbocycles. The summed E-state index contributed by atoms with van der Waals surface area (Å²) < 4.78 is 1.21. The number of hydrogen-bond donors (Lipinski definition) is 1. The van der Waals surface area contributed by atoms with E-state index >= 15 is 0 Å². The largest absolute Gasteiger partial charge is 0.329 e. The summed E-state index contributed by atoms with van der Waals surface area (Å²) in [6.45, 7) is 4.13. The van der Waals surface area contributed by atoms with E-state index in [0.717, 1.165) is 25.7 Å². The maximum atomic E-state index is 6.14. The zero-order valence-electron chi connectivity index (χ0n) is 11.4. The molecule has 19 heavy (non-hydrogen) atoms. The zero-order valence-corrected chi connectivity index (χ0v) is 13.8. The molecule has 0 radical (unpaired) electrons. The fourth-order valence-corrected chi connectivity index (χ4v) is 4.34. The highest BCUT2D eigenvalue weighted by atomic mass is 79.9. The van der Waals surface area contributed by atoms with Gasteiger partial charge in [0.15, 0.2) is 0 Å². The summed E-state index contributed by atoms with van der Waals surface area (Å²) in [5, 5.41) is 2.23. The molecular formula is C14H22BrN3S. The van der Waals surface area contributed by atoms with Crippen molar-refractivity contribution in [3.63, 3.8) is 0 Å². The van der Waals surface area contributed by atoms with E-state index in [1.54, 1.807) is 11.3 Å². The van der Waals surface area contributed by atoms with E-state index in [2.05, 4.69) is 44.2 Å². The lowest BCUT2D eigenvalue weighted by molar-refractivity contribution is 0.120. The molecule has 106 valence electrons. The molecule has 5 heteroatoms. The molecule has 1 aromatic rings. The SMILES string of the molecule is CN(Cc1csc(Br)c1)C1(CN)CCN(C2CC2)C1. The molecule has 2 N–H and O–H groups in total. The number of nitrogens with zero attached hydrogens (tertiary/aromatic N) is 2. The van der Waals surface area contributed by atoms with Crippen LogP contribution in [0.1, 0.15) is 24.8 Å². The molecule has 0 spiro atoms. The molecule has 1 aromatic heterocycles. The lowest BCUT2D eigenvalue weighted by atomic mass is 9.96. The van der Waals surface area contributed by atoms with E-state index in [1.807, 2.05) is 0 Å². The third-order valence-electron chi connectivity index (χ3n) is 4.66. The van der Waals surface area contributed by atoms with Crippen LogP contribution in [0.25, 0.3) is 0 Å². The minimum Gasteiger partial charge on any atom is -0.329 e. The molecule has 3 rings (SSSR count). The van der Waals surface area contributed by atoms with E-state index < -0.39 is 0 Å². The molecular weight excluding hydrogens is 322 g/mol. The summed E-state index contributed by atoms with van der Waals surface area (Å²) in [5.41, 5.74) is 7.70. The Labute approximate surface area is 127 Å². The molecule has 1 saturated heterocycles. The summed E-state index contributed by atoms with van der Waals surface area (Å²) in [4.78, 5) is 5.12. The molecule has 2 aliphatic rings. The number of nitrogens with two attached hydrogens (primary N) is 1. The average molecular weight is 344 g/mol. The number of hydrogen-bond acceptors (Lipinski definition) is 4. The average Bonchev–Trinajstić information content (AvgIpc) is 3.02. The Hall–Kier alpha value is 0.0600. The molecule has 0 bridgehead atoms. The maximum absolute atomic E-state index is 6.14. The van der Waals surface area contributed by atoms with Gasteiger partial charge in [-0.2, -0.15) is 0 Å². The fraction of sp³-hybridized carbons (Fsp3) is 0.714. The highest BCUT2D eigenvalue weighted by Crippen LogP contribution is 2.36. The van der Waals surface area contributed by atoms with Crippen LogP contribution in [-0.2, 0) is 6.54 Å². The monoisotopic (exact) mass is 343 g/mol. The van der Waals surface area contributed by atoms with E-state index in [1.165, 1.54) is 35.2 Å². The van der Waals surface area contributed by atoms with Crippen molar-refractivity contribution < 1.29 is 0 Å². The molecule has 3 nitrogen and oxygen atoms in total. The molecule has 1 atom stereocenters. The third kappa shape index (κ3) is 2.90. The normalized spacial score (nSPS) is 28.4. The number of rotatable bonds is 5. The van der Waals surface area contributed by atoms with Crippen LogP contribution in [0.5, 0.6) is 0 Å². The van der Waals surface area contributed by atoms with Crippen molar-refractivity contribution >= 4 is 27.3 Å². The Bertz CT molecular complexity index is 446. The summed E-state index contributed by atoms with van der Waals surface area (Å²) >= 11 is 5.30. The highest BCUT2D eigenvalue weighted by molar-refractivity contribution is 9.11. The Morgan fingerprint density at radius 2 is 2.37 bits per heavy atom. The topological polar surface area (TPSA) is 32.5 Å². The molecule has 2 heterocycles. The van der Waals surface area contributed by atoms with Gasteiger partial charge in [-0.25, -0.2) is 0 Å². The second-order valence-corrected chi connectivity index (χ2v) is 8.29. The van der Waals surface area contributed by atoms with Gasteiger partial charge in [-0.3, -0.25) is 9.80 Å². The van der Waals surface area contributed by atoms with Crippen LogP contribution >= 0.6 is 27.3 Å². The van der Waals surface area contributed by atoms with Gasteiger partial charge >= 0.3 is 0 Å². The molecule has 2 fully saturated rings. The van der Waals surface area contributed by atoms with E-state index in [4.69, 9.17) is 5.73 Å². The quantitative estimate of drug-likeness (QED) is 0.891. The summed E-state index contributed by atoms with van der Waals surface area (Å²) in [5.74, 6) is 0. The first-order chi connectivity index (χ1) is 9.13. The highest BCUT2D eigenvalue weighted by Gasteiger charge is 2.44. The first kappa shape index (κ1) is 14.0. The van der Waals surface area contributed by atoms with E-state index in [9.17, 15) is 0 Å². The third-order valence-corrected chi connectivity index (χ3v) is 6.21. The summed E-state index contributed by atoms with van der Waals surface area (Å²) in [6.07, 6.45) is 3.99. The van der Waals surface area contributed by atoms with Gasteiger partial charge in [-0.1, -0.05) is 0 Å². The molecule has 1 aliphatic heterocycles. The lowest BCUT2D eigenvalue weighted by Crippen LogP contribution is -2.53. The Kier molecular flexibility index (Phi) is 4.02. The van der Waals surface area contributed by atoms with Gasteiger partial charge in [0.05, 0.1) is 3.79 Å². The predicted octanol–water partition coefficient (Wildman–Crippen LogP) is 2.51. The van der Waals surface area contributed by atoms with Gasteiger partial charge in [0.25, 0.3) is 0 Å². The van der Waals surface area contributed by atoms with Gasteiger partial charge in [0.1, 0.15) is 0 Å². The van der Waals surface area contributed by atoms with Crippen molar-refractivity contribution in [1.29, 1.82) is 0 Å². The standard InChI is InChI=1S/C14H22BrN3S/c1-17(7-11-6-13(15)19-8-11)14(9-16)4-5-18(10-14)12-2-3-12/h6,8,12H,2-5,7,9-10,16H2,1H3. The van der Waals surface area contributed by atoms with E-state index in [-0.39, 0.29) is 5.54 Å². The van der Waals surface area contributed by atoms with Crippen LogP contribution in [0.15, 0.2) is 15.2 Å².